The van der Waals surface area contributed by atoms with Gasteiger partial charge in [0.05, 0.1) is 31.8 Å². The fourth-order valence-corrected chi connectivity index (χ4v) is 9.42. The summed E-state index contributed by atoms with van der Waals surface area (Å²) in [5.41, 5.74) is -0.738. The van der Waals surface area contributed by atoms with Crippen molar-refractivity contribution < 1.29 is 33.7 Å². The topological polar surface area (TPSA) is 102 Å². The average molecular weight is 989 g/mol. The van der Waals surface area contributed by atoms with Crippen LogP contribution in [0, 0.1) is 0 Å². The molecule has 0 aliphatic heterocycles. The van der Waals surface area contributed by atoms with Crippen molar-refractivity contribution in [1.82, 2.24) is 4.90 Å². The van der Waals surface area contributed by atoms with E-state index in [-0.39, 0.29) is 17.9 Å². The second-order valence-electron chi connectivity index (χ2n) is 20.9. The highest BCUT2D eigenvalue weighted by Crippen LogP contribution is 2.28. The number of nitrogens with zero attached hydrogens (tertiary/aromatic N) is 1. The van der Waals surface area contributed by atoms with Gasteiger partial charge in [-0.25, -0.2) is 0 Å². The largest absolute Gasteiger partial charge is 0.466 e. The maximum atomic E-state index is 12.4. The minimum atomic E-state index is -0.738. The Morgan fingerprint density at radius 3 is 1.00 bits per heavy atom. The predicted octanol–water partition coefficient (Wildman–Crippen LogP) is 18.0. The lowest BCUT2D eigenvalue weighted by molar-refractivity contribution is -0.145. The third-order valence-electron chi connectivity index (χ3n) is 13.9. The van der Waals surface area contributed by atoms with Gasteiger partial charge in [-0.3, -0.25) is 14.4 Å². The number of aliphatic hydroxyl groups is 1. The van der Waals surface area contributed by atoms with Crippen molar-refractivity contribution in [3.63, 3.8) is 0 Å². The lowest BCUT2D eigenvalue weighted by Crippen LogP contribution is -2.29. The third-order valence-corrected chi connectivity index (χ3v) is 13.9. The second kappa shape index (κ2) is 54.6. The Kier molecular flexibility index (Phi) is 52.9. The number of ether oxygens (including phenoxy) is 3. The van der Waals surface area contributed by atoms with E-state index in [1.54, 1.807) is 0 Å². The summed E-state index contributed by atoms with van der Waals surface area (Å²) in [5.74, 6) is -0.269. The van der Waals surface area contributed by atoms with Crippen LogP contribution >= 0.6 is 0 Å². The van der Waals surface area contributed by atoms with Gasteiger partial charge < -0.3 is 24.2 Å². The van der Waals surface area contributed by atoms with E-state index >= 15 is 0 Å². The summed E-state index contributed by atoms with van der Waals surface area (Å²) in [5, 5.41) is 11.8. The molecular weight excluding hydrogens is 871 g/mol. The zero-order valence-corrected chi connectivity index (χ0v) is 47.0. The molecule has 0 radical (unpaired) electrons. The van der Waals surface area contributed by atoms with Crippen LogP contribution in [0.3, 0.4) is 0 Å². The molecule has 0 bridgehead atoms. The van der Waals surface area contributed by atoms with Crippen molar-refractivity contribution in [3.05, 3.63) is 24.3 Å². The summed E-state index contributed by atoms with van der Waals surface area (Å²) >= 11 is 0. The molecule has 0 aliphatic rings. The molecule has 0 aromatic rings. The Balaban J connectivity index is 4.33. The summed E-state index contributed by atoms with van der Waals surface area (Å²) in [4.78, 5) is 39.4. The molecule has 0 heterocycles. The first-order chi connectivity index (χ1) is 34.3. The molecule has 0 fully saturated rings. The van der Waals surface area contributed by atoms with Crippen molar-refractivity contribution in [2.24, 2.45) is 0 Å². The molecule has 1 N–H and O–H groups in total. The Morgan fingerprint density at radius 1 is 0.343 bits per heavy atom. The molecule has 0 atom stereocenters. The Bertz CT molecular complexity index is 1110. The van der Waals surface area contributed by atoms with Crippen molar-refractivity contribution >= 4 is 17.9 Å². The van der Waals surface area contributed by atoms with E-state index in [0.717, 1.165) is 135 Å². The van der Waals surface area contributed by atoms with E-state index in [0.29, 0.717) is 45.5 Å². The van der Waals surface area contributed by atoms with E-state index in [1.807, 2.05) is 0 Å². The molecule has 0 rings (SSSR count). The molecule has 0 unspecified atom stereocenters. The van der Waals surface area contributed by atoms with Gasteiger partial charge in [0, 0.05) is 19.4 Å². The van der Waals surface area contributed by atoms with E-state index < -0.39 is 5.60 Å². The highest BCUT2D eigenvalue weighted by molar-refractivity contribution is 5.70. The first-order valence-electron chi connectivity index (χ1n) is 30.5. The molecule has 0 aromatic heterocycles. The maximum absolute atomic E-state index is 12.4. The minimum Gasteiger partial charge on any atom is -0.466 e. The Hall–Kier alpha value is -2.19. The van der Waals surface area contributed by atoms with Crippen molar-refractivity contribution in [2.45, 2.75) is 316 Å². The zero-order valence-electron chi connectivity index (χ0n) is 47.0. The second-order valence-corrected chi connectivity index (χ2v) is 20.9. The van der Waals surface area contributed by atoms with Crippen LogP contribution in [0.15, 0.2) is 24.3 Å². The first-order valence-corrected chi connectivity index (χ1v) is 30.5. The molecule has 0 amide bonds. The molecule has 8 nitrogen and oxygen atoms in total. The van der Waals surface area contributed by atoms with Gasteiger partial charge in [-0.1, -0.05) is 193 Å². The van der Waals surface area contributed by atoms with Crippen LogP contribution in [0.25, 0.3) is 0 Å². The van der Waals surface area contributed by atoms with E-state index in [2.05, 4.69) is 56.9 Å². The van der Waals surface area contributed by atoms with Crippen LogP contribution in [0.4, 0.5) is 0 Å². The maximum Gasteiger partial charge on any atom is 0.307 e. The number of hydrogen-bond donors (Lipinski definition) is 1. The van der Waals surface area contributed by atoms with Crippen LogP contribution < -0.4 is 0 Å². The predicted molar refractivity (Wildman–Crippen MR) is 298 cm³/mol. The van der Waals surface area contributed by atoms with Crippen molar-refractivity contribution in [1.29, 1.82) is 0 Å². The van der Waals surface area contributed by atoms with E-state index in [9.17, 15) is 19.5 Å². The summed E-state index contributed by atoms with van der Waals surface area (Å²) < 4.78 is 16.7. The monoisotopic (exact) mass is 988 g/mol. The van der Waals surface area contributed by atoms with Gasteiger partial charge in [0.25, 0.3) is 0 Å². The summed E-state index contributed by atoms with van der Waals surface area (Å²) in [7, 11) is 0. The number of esters is 3. The zero-order chi connectivity index (χ0) is 51.1. The molecule has 0 aliphatic carbocycles. The number of rotatable bonds is 56. The van der Waals surface area contributed by atoms with Gasteiger partial charge in [0.1, 0.15) is 0 Å². The van der Waals surface area contributed by atoms with Crippen LogP contribution in [-0.4, -0.2) is 73.0 Å². The van der Waals surface area contributed by atoms with Gasteiger partial charge in [-0.05, 0) is 135 Å². The quantitative estimate of drug-likeness (QED) is 0.0278. The van der Waals surface area contributed by atoms with Crippen molar-refractivity contribution in [3.8, 4) is 0 Å². The van der Waals surface area contributed by atoms with Crippen LogP contribution in [-0.2, 0) is 28.6 Å². The molecule has 0 spiro atoms. The van der Waals surface area contributed by atoms with Gasteiger partial charge >= 0.3 is 17.9 Å². The molecule has 0 aromatic carbocycles. The first kappa shape index (κ1) is 67.8. The molecule has 8 heteroatoms. The molecule has 412 valence electrons. The molecule has 0 saturated carbocycles. The fourth-order valence-electron chi connectivity index (χ4n) is 9.42. The van der Waals surface area contributed by atoms with E-state index in [4.69, 9.17) is 14.2 Å². The summed E-state index contributed by atoms with van der Waals surface area (Å²) in [6.07, 6.45) is 56.8. The lowest BCUT2D eigenvalue weighted by Gasteiger charge is -2.28. The van der Waals surface area contributed by atoms with E-state index in [1.165, 1.54) is 141 Å². The number of unbranched alkanes of at least 4 members (excludes halogenated alkanes) is 29. The summed E-state index contributed by atoms with van der Waals surface area (Å²) in [6, 6.07) is 0. The Labute approximate surface area is 434 Å². The van der Waals surface area contributed by atoms with Gasteiger partial charge in [0.15, 0.2) is 0 Å². The number of allylic oxidation sites excluding steroid dienone is 4. The van der Waals surface area contributed by atoms with Crippen molar-refractivity contribution in [2.75, 3.05) is 39.5 Å². The van der Waals surface area contributed by atoms with Gasteiger partial charge in [-0.15, -0.1) is 0 Å². The van der Waals surface area contributed by atoms with Crippen LogP contribution in [0.5, 0.6) is 0 Å². The molecule has 0 saturated heterocycles. The minimum absolute atomic E-state index is 0.0699. The lowest BCUT2D eigenvalue weighted by atomic mass is 9.85. The Morgan fingerprint density at radius 2 is 0.629 bits per heavy atom. The number of carbonyl (C=O) groups excluding carboxylic acids is 3. The average Bonchev–Trinajstić information content (AvgIpc) is 3.35. The number of hydrogen-bond acceptors (Lipinski definition) is 8. The molecule has 70 heavy (non-hydrogen) atoms. The highest BCUT2D eigenvalue weighted by atomic mass is 16.5. The number of carbonyl (C=O) groups is 3. The molecular formula is C62H117NO7. The van der Waals surface area contributed by atoms with Crippen LogP contribution in [0.1, 0.15) is 310 Å². The van der Waals surface area contributed by atoms with Gasteiger partial charge in [-0.2, -0.15) is 0 Å². The SMILES string of the molecule is CCCCCCCC/C=C\CCCCCCCC(=O)OCCCCCCC(O)(CCCCCCOC(=O)CCCCCCC/C=C\CCCCCCCC)CCCCOC(=O)CCN(CCC)CCC. The third kappa shape index (κ3) is 50.7. The summed E-state index contributed by atoms with van der Waals surface area (Å²) in [6.45, 7) is 13.0. The van der Waals surface area contributed by atoms with Gasteiger partial charge in [0.2, 0.25) is 0 Å². The fraction of sp³-hybridized carbons (Fsp3) is 0.887. The standard InChI is InChI=1S/C62H117NO7/c1-5-9-11-13-15-17-19-21-23-25-27-29-31-33-39-47-59(64)68-56-44-37-35-41-50-62(67,52-43-46-58-70-61(66)49-55-63(53-7-3)54-8-4)51-42-36-38-45-57-69-60(65)48-40-34-32-30-28-26-24-22-20-18-16-14-12-10-6-2/h21-24,67H,5-20,25-58H2,1-4H3/b23-21-,24-22-. The highest BCUT2D eigenvalue weighted by Gasteiger charge is 2.25. The normalized spacial score (nSPS) is 12.0. The smallest absolute Gasteiger partial charge is 0.307 e. The van der Waals surface area contributed by atoms with Crippen LogP contribution in [0.2, 0.25) is 0 Å².